The van der Waals surface area contributed by atoms with Crippen LogP contribution < -0.4 is 0 Å². The average Bonchev–Trinajstić information content (AvgIpc) is 2.86. The van der Waals surface area contributed by atoms with Crippen molar-refractivity contribution in [3.8, 4) is 11.1 Å². The first kappa shape index (κ1) is 24.3. The quantitative estimate of drug-likeness (QED) is 0.357. The molecule has 2 aliphatic rings. The molecule has 2 aliphatic carbocycles. The zero-order valence-electron chi connectivity index (χ0n) is 20.3. The minimum Gasteiger partial charge on any atom is -0.205 e. The van der Waals surface area contributed by atoms with E-state index in [2.05, 4.69) is 44.2 Å². The van der Waals surface area contributed by atoms with Gasteiger partial charge in [-0.2, -0.15) is 0 Å². The average molecular weight is 465 g/mol. The molecule has 0 aromatic heterocycles. The van der Waals surface area contributed by atoms with Gasteiger partial charge in [-0.15, -0.1) is 0 Å². The van der Waals surface area contributed by atoms with E-state index in [1.54, 1.807) is 0 Å². The largest absolute Gasteiger partial charge is 0.205 e. The van der Waals surface area contributed by atoms with Gasteiger partial charge in [0.25, 0.3) is 0 Å². The molecule has 0 nitrogen and oxygen atoms in total. The Balaban J connectivity index is 1.40. The summed E-state index contributed by atoms with van der Waals surface area (Å²) in [5, 5.41) is 0.283. The molecule has 1 atom stereocenters. The van der Waals surface area contributed by atoms with Gasteiger partial charge in [0.15, 0.2) is 0 Å². The van der Waals surface area contributed by atoms with Gasteiger partial charge in [0.2, 0.25) is 0 Å². The van der Waals surface area contributed by atoms with Crippen LogP contribution in [0.25, 0.3) is 16.7 Å². The molecule has 2 aromatic rings. The molecule has 0 radical (unpaired) electrons. The van der Waals surface area contributed by atoms with E-state index >= 15 is 0 Å². The van der Waals surface area contributed by atoms with E-state index in [1.165, 1.54) is 49.7 Å². The molecule has 0 bridgehead atoms. The van der Waals surface area contributed by atoms with Crippen LogP contribution in [0.3, 0.4) is 0 Å². The van der Waals surface area contributed by atoms with E-state index in [0.29, 0.717) is 5.56 Å². The maximum atomic E-state index is 15.0. The second-order valence-electron chi connectivity index (χ2n) is 10.0. The summed E-state index contributed by atoms with van der Waals surface area (Å²) in [6.07, 6.45) is 19.2. The molecular formula is C31H38ClF. The number of halogens is 2. The molecule has 4 rings (SSSR count). The normalized spacial score (nSPS) is 23.6. The highest BCUT2D eigenvalue weighted by atomic mass is 35.5. The molecule has 2 aromatic carbocycles. The Morgan fingerprint density at radius 2 is 1.67 bits per heavy atom. The molecular weight excluding hydrogens is 427 g/mol. The lowest BCUT2D eigenvalue weighted by molar-refractivity contribution is 0.212. The zero-order chi connectivity index (χ0) is 23.2. The topological polar surface area (TPSA) is 0 Å². The molecule has 33 heavy (non-hydrogen) atoms. The van der Waals surface area contributed by atoms with Crippen molar-refractivity contribution in [2.45, 2.75) is 78.1 Å². The second kappa shape index (κ2) is 11.5. The first-order valence-electron chi connectivity index (χ1n) is 13.0. The van der Waals surface area contributed by atoms with Crippen molar-refractivity contribution in [1.29, 1.82) is 0 Å². The van der Waals surface area contributed by atoms with Crippen molar-refractivity contribution >= 4 is 17.2 Å². The fraction of sp³-hybridized carbons (Fsp3) is 0.484. The van der Waals surface area contributed by atoms with Gasteiger partial charge < -0.3 is 0 Å². The van der Waals surface area contributed by atoms with Crippen molar-refractivity contribution < 1.29 is 4.39 Å². The van der Waals surface area contributed by atoms with Crippen molar-refractivity contribution in [3.05, 3.63) is 76.6 Å². The fourth-order valence-electron chi connectivity index (χ4n) is 5.86. The predicted octanol–water partition coefficient (Wildman–Crippen LogP) is 10.1. The number of hydrogen-bond donors (Lipinski definition) is 0. The number of allylic oxidation sites excluding steroid dienone is 4. The molecule has 0 spiro atoms. The summed E-state index contributed by atoms with van der Waals surface area (Å²) >= 11 is 6.35. The molecule has 1 unspecified atom stereocenters. The zero-order valence-corrected chi connectivity index (χ0v) is 21.0. The van der Waals surface area contributed by atoms with E-state index in [-0.39, 0.29) is 10.8 Å². The van der Waals surface area contributed by atoms with Crippen LogP contribution in [0.4, 0.5) is 4.39 Å². The molecule has 1 saturated carbocycles. The van der Waals surface area contributed by atoms with Crippen molar-refractivity contribution in [2.75, 3.05) is 0 Å². The van der Waals surface area contributed by atoms with Crippen molar-refractivity contribution in [2.24, 2.45) is 17.8 Å². The van der Waals surface area contributed by atoms with Gasteiger partial charge in [0.05, 0.1) is 5.02 Å². The smallest absolute Gasteiger partial charge is 0.149 e. The van der Waals surface area contributed by atoms with Crippen LogP contribution in [0.2, 0.25) is 5.02 Å². The Kier molecular flexibility index (Phi) is 8.47. The molecule has 1 fully saturated rings. The Hall–Kier alpha value is -1.86. The fourth-order valence-corrected chi connectivity index (χ4v) is 6.12. The minimum absolute atomic E-state index is 0.283. The van der Waals surface area contributed by atoms with E-state index in [4.69, 9.17) is 11.6 Å². The molecule has 2 heteroatoms. The lowest BCUT2D eigenvalue weighted by Crippen LogP contribution is -2.22. The van der Waals surface area contributed by atoms with Gasteiger partial charge in [-0.1, -0.05) is 79.6 Å². The van der Waals surface area contributed by atoms with E-state index in [1.807, 2.05) is 24.3 Å². The van der Waals surface area contributed by atoms with Gasteiger partial charge in [-0.25, -0.2) is 4.39 Å². The molecule has 0 amide bonds. The van der Waals surface area contributed by atoms with Gasteiger partial charge >= 0.3 is 0 Å². The van der Waals surface area contributed by atoms with Crippen LogP contribution in [0.1, 0.15) is 82.8 Å². The standard InChI is InChI=1S/C31H38ClF/c1-3-5-7-28-20-21-29(31(33)30(28)32)27-18-16-26(17-19-27)25-14-12-24(13-15-25)23-10-8-22(6-4-2)9-11-23/h4,6,14,16-24H,3,5,7-13,15H2,1-2H3/b6-4+. The van der Waals surface area contributed by atoms with E-state index in [0.717, 1.165) is 54.6 Å². The van der Waals surface area contributed by atoms with Crippen LogP contribution in [0, 0.1) is 23.6 Å². The molecule has 0 aliphatic heterocycles. The van der Waals surface area contributed by atoms with Crippen LogP contribution in [0.15, 0.2) is 54.6 Å². The summed E-state index contributed by atoms with van der Waals surface area (Å²) in [7, 11) is 0. The van der Waals surface area contributed by atoms with E-state index < -0.39 is 0 Å². The maximum absolute atomic E-state index is 15.0. The maximum Gasteiger partial charge on any atom is 0.149 e. The molecule has 0 saturated heterocycles. The van der Waals surface area contributed by atoms with Gasteiger partial charge in [0.1, 0.15) is 5.82 Å². The SMILES string of the molecule is C/C=C/C1CCC(C2CC=C(c3ccc(-c4ccc(CCCC)c(Cl)c4F)cc3)CC2)CC1. The summed E-state index contributed by atoms with van der Waals surface area (Å²) in [4.78, 5) is 0. The number of unbranched alkanes of at least 4 members (excludes halogenated alkanes) is 1. The third-order valence-corrected chi connectivity index (χ3v) is 8.34. The molecule has 0 heterocycles. The Morgan fingerprint density at radius 1 is 0.939 bits per heavy atom. The van der Waals surface area contributed by atoms with Crippen LogP contribution in [0.5, 0.6) is 0 Å². The second-order valence-corrected chi connectivity index (χ2v) is 10.4. The Labute approximate surface area is 205 Å². The summed E-state index contributed by atoms with van der Waals surface area (Å²) in [6.45, 7) is 4.28. The van der Waals surface area contributed by atoms with Crippen molar-refractivity contribution in [3.63, 3.8) is 0 Å². The highest BCUT2D eigenvalue weighted by Crippen LogP contribution is 2.42. The summed E-state index contributed by atoms with van der Waals surface area (Å²) in [6, 6.07) is 12.3. The first-order chi connectivity index (χ1) is 16.1. The van der Waals surface area contributed by atoms with Crippen LogP contribution >= 0.6 is 11.6 Å². The molecule has 0 N–H and O–H groups in total. The first-order valence-corrected chi connectivity index (χ1v) is 13.4. The van der Waals surface area contributed by atoms with E-state index in [9.17, 15) is 4.39 Å². The van der Waals surface area contributed by atoms with Gasteiger partial charge in [-0.05, 0) is 105 Å². The minimum atomic E-state index is -0.290. The summed E-state index contributed by atoms with van der Waals surface area (Å²) in [5.41, 5.74) is 5.13. The van der Waals surface area contributed by atoms with Crippen LogP contribution in [-0.4, -0.2) is 0 Å². The Morgan fingerprint density at radius 3 is 2.30 bits per heavy atom. The lowest BCUT2D eigenvalue weighted by Gasteiger charge is -2.34. The highest BCUT2D eigenvalue weighted by molar-refractivity contribution is 6.31. The highest BCUT2D eigenvalue weighted by Gasteiger charge is 2.28. The van der Waals surface area contributed by atoms with Crippen LogP contribution in [-0.2, 0) is 6.42 Å². The lowest BCUT2D eigenvalue weighted by atomic mass is 9.71. The van der Waals surface area contributed by atoms with Gasteiger partial charge in [0, 0.05) is 5.56 Å². The number of benzene rings is 2. The molecule has 176 valence electrons. The summed E-state index contributed by atoms with van der Waals surface area (Å²) < 4.78 is 15.0. The monoisotopic (exact) mass is 464 g/mol. The third-order valence-electron chi connectivity index (χ3n) is 7.93. The number of rotatable bonds is 7. The number of aryl methyl sites for hydroxylation is 1. The predicted molar refractivity (Wildman–Crippen MR) is 141 cm³/mol. The number of hydrogen-bond acceptors (Lipinski definition) is 0. The third kappa shape index (κ3) is 5.80. The van der Waals surface area contributed by atoms with Crippen molar-refractivity contribution in [1.82, 2.24) is 0 Å². The summed E-state index contributed by atoms with van der Waals surface area (Å²) in [5.74, 6) is 2.27. The Bertz CT molecular complexity index is 977. The van der Waals surface area contributed by atoms with Gasteiger partial charge in [-0.3, -0.25) is 0 Å².